The Morgan fingerprint density at radius 2 is 1.63 bits per heavy atom. The molecule has 4 aliphatic rings. The van der Waals surface area contributed by atoms with Crippen molar-refractivity contribution in [3.8, 4) is 0 Å². The van der Waals surface area contributed by atoms with Gasteiger partial charge in [0.2, 0.25) is 5.91 Å². The minimum absolute atomic E-state index is 0.152. The largest absolute Gasteiger partial charge is 0.379 e. The number of rotatable bonds is 3. The third-order valence-corrected chi connectivity index (χ3v) is 6.95. The van der Waals surface area contributed by atoms with Crippen molar-refractivity contribution < 1.29 is 14.3 Å². The van der Waals surface area contributed by atoms with Crippen LogP contribution in [0.15, 0.2) is 24.3 Å². The van der Waals surface area contributed by atoms with E-state index in [0.717, 1.165) is 58.5 Å². The number of carbonyl (C=O) groups is 1. The van der Waals surface area contributed by atoms with Gasteiger partial charge in [-0.1, -0.05) is 24.3 Å². The predicted molar refractivity (Wildman–Crippen MR) is 103 cm³/mol. The molecule has 146 valence electrons. The first kappa shape index (κ1) is 17.7. The standard InChI is InChI=1S/C22H30N2O3/c25-22(19-11-17-3-1-2-4-18(17)12-19)24-8-6-20-21(24)5-7-23(20)13-16-14-26-9-10-27-15-16/h1-4,16,19-21H,5-15H2/t20-,21-/m0/s1. The summed E-state index contributed by atoms with van der Waals surface area (Å²) in [7, 11) is 0. The SMILES string of the molecule is O=C(C1Cc2ccccc2C1)N1CC[C@H]2[C@@H]1CCN2CC1COCCOC1. The Morgan fingerprint density at radius 3 is 2.33 bits per heavy atom. The zero-order chi connectivity index (χ0) is 18.2. The Morgan fingerprint density at radius 1 is 0.963 bits per heavy atom. The maximum Gasteiger partial charge on any atom is 0.226 e. The van der Waals surface area contributed by atoms with Crippen molar-refractivity contribution in [1.29, 1.82) is 0 Å². The van der Waals surface area contributed by atoms with Gasteiger partial charge >= 0.3 is 0 Å². The number of benzene rings is 1. The van der Waals surface area contributed by atoms with Crippen LogP contribution in [-0.2, 0) is 27.1 Å². The Bertz CT molecular complexity index is 661. The zero-order valence-corrected chi connectivity index (χ0v) is 16.0. The van der Waals surface area contributed by atoms with Gasteiger partial charge in [0, 0.05) is 43.6 Å². The fourth-order valence-corrected chi connectivity index (χ4v) is 5.65. The lowest BCUT2D eigenvalue weighted by Crippen LogP contribution is -2.43. The number of amides is 1. The molecule has 1 amide bonds. The summed E-state index contributed by atoms with van der Waals surface area (Å²) >= 11 is 0. The van der Waals surface area contributed by atoms with E-state index in [9.17, 15) is 4.79 Å². The van der Waals surface area contributed by atoms with Crippen LogP contribution >= 0.6 is 0 Å². The highest BCUT2D eigenvalue weighted by Gasteiger charge is 2.46. The first-order valence-corrected chi connectivity index (χ1v) is 10.6. The molecule has 1 aromatic rings. The van der Waals surface area contributed by atoms with E-state index in [1.807, 2.05) is 0 Å². The van der Waals surface area contributed by atoms with E-state index in [1.54, 1.807) is 0 Å². The monoisotopic (exact) mass is 370 g/mol. The van der Waals surface area contributed by atoms with Crippen LogP contribution in [0.25, 0.3) is 0 Å². The van der Waals surface area contributed by atoms with Crippen LogP contribution in [0, 0.1) is 11.8 Å². The summed E-state index contributed by atoms with van der Waals surface area (Å²) in [5.41, 5.74) is 2.74. The molecule has 1 aromatic carbocycles. The smallest absolute Gasteiger partial charge is 0.226 e. The molecule has 0 unspecified atom stereocenters. The van der Waals surface area contributed by atoms with E-state index in [4.69, 9.17) is 9.47 Å². The van der Waals surface area contributed by atoms with E-state index in [2.05, 4.69) is 34.1 Å². The van der Waals surface area contributed by atoms with Crippen molar-refractivity contribution in [2.45, 2.75) is 37.8 Å². The minimum atomic E-state index is 0.152. The van der Waals surface area contributed by atoms with E-state index in [1.165, 1.54) is 11.1 Å². The number of hydrogen-bond acceptors (Lipinski definition) is 4. The van der Waals surface area contributed by atoms with Crippen LogP contribution < -0.4 is 0 Å². The Labute approximate surface area is 161 Å². The second-order valence-electron chi connectivity index (χ2n) is 8.63. The molecule has 3 fully saturated rings. The van der Waals surface area contributed by atoms with E-state index in [0.29, 0.717) is 37.1 Å². The normalized spacial score (nSPS) is 29.7. The van der Waals surface area contributed by atoms with Crippen molar-refractivity contribution in [3.63, 3.8) is 0 Å². The molecule has 1 aliphatic carbocycles. The van der Waals surface area contributed by atoms with Crippen molar-refractivity contribution >= 4 is 5.91 Å². The fraction of sp³-hybridized carbons (Fsp3) is 0.682. The van der Waals surface area contributed by atoms with Crippen LogP contribution in [0.4, 0.5) is 0 Å². The summed E-state index contributed by atoms with van der Waals surface area (Å²) < 4.78 is 11.3. The maximum absolute atomic E-state index is 13.3. The van der Waals surface area contributed by atoms with Crippen molar-refractivity contribution in [2.24, 2.45) is 11.8 Å². The molecule has 27 heavy (non-hydrogen) atoms. The average Bonchev–Trinajstić information content (AvgIpc) is 3.33. The molecule has 0 radical (unpaired) electrons. The summed E-state index contributed by atoms with van der Waals surface area (Å²) in [5, 5.41) is 0. The van der Waals surface area contributed by atoms with Crippen LogP contribution in [0.1, 0.15) is 24.0 Å². The van der Waals surface area contributed by atoms with Crippen LogP contribution in [-0.4, -0.2) is 73.9 Å². The Kier molecular flexibility index (Phi) is 4.92. The molecule has 0 aromatic heterocycles. The third-order valence-electron chi connectivity index (χ3n) is 6.95. The molecular formula is C22H30N2O3. The molecular weight excluding hydrogens is 340 g/mol. The summed E-state index contributed by atoms with van der Waals surface area (Å²) in [6.45, 7) is 6.10. The quantitative estimate of drug-likeness (QED) is 0.813. The molecule has 5 rings (SSSR count). The van der Waals surface area contributed by atoms with Gasteiger partial charge in [-0.15, -0.1) is 0 Å². The predicted octanol–water partition coefficient (Wildman–Crippen LogP) is 1.74. The van der Waals surface area contributed by atoms with Crippen LogP contribution in [0.5, 0.6) is 0 Å². The molecule has 0 bridgehead atoms. The van der Waals surface area contributed by atoms with Gasteiger partial charge in [-0.25, -0.2) is 0 Å². The minimum Gasteiger partial charge on any atom is -0.379 e. The zero-order valence-electron chi connectivity index (χ0n) is 16.0. The highest BCUT2D eigenvalue weighted by atomic mass is 16.5. The van der Waals surface area contributed by atoms with Gasteiger partial charge in [0.15, 0.2) is 0 Å². The molecule has 0 spiro atoms. The lowest BCUT2D eigenvalue weighted by molar-refractivity contribution is -0.136. The average molecular weight is 370 g/mol. The molecule has 5 heteroatoms. The van der Waals surface area contributed by atoms with E-state index in [-0.39, 0.29) is 5.92 Å². The highest BCUT2D eigenvalue weighted by molar-refractivity contribution is 5.81. The Balaban J connectivity index is 1.21. The van der Waals surface area contributed by atoms with Gasteiger partial charge in [0.05, 0.1) is 26.4 Å². The van der Waals surface area contributed by atoms with E-state index >= 15 is 0 Å². The molecule has 2 atom stereocenters. The van der Waals surface area contributed by atoms with Crippen molar-refractivity contribution in [3.05, 3.63) is 35.4 Å². The summed E-state index contributed by atoms with van der Waals surface area (Å²) in [6.07, 6.45) is 4.07. The third kappa shape index (κ3) is 3.41. The number of hydrogen-bond donors (Lipinski definition) is 0. The second-order valence-corrected chi connectivity index (χ2v) is 8.63. The number of ether oxygens (including phenoxy) is 2. The summed E-state index contributed by atoms with van der Waals surface area (Å²) in [4.78, 5) is 18.1. The van der Waals surface area contributed by atoms with Gasteiger partial charge in [0.25, 0.3) is 0 Å². The van der Waals surface area contributed by atoms with Gasteiger partial charge in [-0.3, -0.25) is 9.69 Å². The number of nitrogens with zero attached hydrogens (tertiary/aromatic N) is 2. The summed E-state index contributed by atoms with van der Waals surface area (Å²) in [5.74, 6) is 1.00. The molecule has 3 aliphatic heterocycles. The maximum atomic E-state index is 13.3. The van der Waals surface area contributed by atoms with Crippen molar-refractivity contribution in [1.82, 2.24) is 9.80 Å². The Hall–Kier alpha value is -1.43. The molecule has 3 heterocycles. The van der Waals surface area contributed by atoms with Crippen LogP contribution in [0.3, 0.4) is 0 Å². The first-order valence-electron chi connectivity index (χ1n) is 10.6. The van der Waals surface area contributed by atoms with Gasteiger partial charge in [-0.2, -0.15) is 0 Å². The molecule has 5 nitrogen and oxygen atoms in total. The molecule has 0 N–H and O–H groups in total. The number of fused-ring (bicyclic) bond motifs is 2. The van der Waals surface area contributed by atoms with Crippen molar-refractivity contribution in [2.75, 3.05) is 46.1 Å². The van der Waals surface area contributed by atoms with E-state index < -0.39 is 0 Å². The number of carbonyl (C=O) groups excluding carboxylic acids is 1. The topological polar surface area (TPSA) is 42.0 Å². The first-order chi connectivity index (χ1) is 13.3. The number of likely N-dealkylation sites (tertiary alicyclic amines) is 2. The lowest BCUT2D eigenvalue weighted by Gasteiger charge is -2.29. The summed E-state index contributed by atoms with van der Waals surface area (Å²) in [6, 6.07) is 9.49. The van der Waals surface area contributed by atoms with Gasteiger partial charge in [-0.05, 0) is 36.8 Å². The fourth-order valence-electron chi connectivity index (χ4n) is 5.65. The lowest BCUT2D eigenvalue weighted by atomic mass is 10.0. The molecule has 3 saturated heterocycles. The molecule has 0 saturated carbocycles. The van der Waals surface area contributed by atoms with Gasteiger partial charge in [0.1, 0.15) is 0 Å². The van der Waals surface area contributed by atoms with Gasteiger partial charge < -0.3 is 14.4 Å². The second kappa shape index (κ2) is 7.53. The van der Waals surface area contributed by atoms with Crippen LogP contribution in [0.2, 0.25) is 0 Å². The highest BCUT2D eigenvalue weighted by Crippen LogP contribution is 2.35.